The maximum atomic E-state index is 12.6. The molecule has 0 radical (unpaired) electrons. The molecule has 0 bridgehead atoms. The number of furan rings is 1. The number of benzene rings is 1. The van der Waals surface area contributed by atoms with Crippen molar-refractivity contribution in [3.05, 3.63) is 46.0 Å². The minimum atomic E-state index is -0.753. The first kappa shape index (κ1) is 24.3. The number of anilines is 1. The van der Waals surface area contributed by atoms with Crippen LogP contribution >= 0.6 is 11.3 Å². The third-order valence-electron chi connectivity index (χ3n) is 4.81. The Hall–Kier alpha value is -3.33. The number of aryl methyl sites for hydroxylation is 1. The minimum Gasteiger partial charge on any atom is -0.494 e. The number of hydrogen-bond acceptors (Lipinski definition) is 8. The monoisotopic (exact) mass is 473 g/mol. The van der Waals surface area contributed by atoms with Crippen molar-refractivity contribution < 1.29 is 33.0 Å². The Labute approximate surface area is 195 Å². The summed E-state index contributed by atoms with van der Waals surface area (Å²) >= 11 is 1.29. The van der Waals surface area contributed by atoms with E-state index in [1.54, 1.807) is 38.1 Å². The summed E-state index contributed by atoms with van der Waals surface area (Å²) in [5, 5.41) is 3.74. The maximum absolute atomic E-state index is 12.6. The van der Waals surface area contributed by atoms with Gasteiger partial charge in [0.15, 0.2) is 6.61 Å². The largest absolute Gasteiger partial charge is 0.494 e. The van der Waals surface area contributed by atoms with E-state index in [0.717, 1.165) is 10.3 Å². The van der Waals surface area contributed by atoms with Crippen LogP contribution in [0.15, 0.2) is 28.7 Å². The lowest BCUT2D eigenvalue weighted by Crippen LogP contribution is -2.21. The topological polar surface area (TPSA) is 104 Å². The highest BCUT2D eigenvalue weighted by Gasteiger charge is 2.23. The van der Waals surface area contributed by atoms with Crippen molar-refractivity contribution in [1.82, 2.24) is 0 Å². The predicted molar refractivity (Wildman–Crippen MR) is 125 cm³/mol. The molecular formula is C24H27NO7S. The molecule has 2 heterocycles. The highest BCUT2D eigenvalue weighted by Crippen LogP contribution is 2.33. The normalized spacial score (nSPS) is 11.0. The van der Waals surface area contributed by atoms with Crippen LogP contribution in [0, 0.1) is 6.92 Å². The van der Waals surface area contributed by atoms with Crippen LogP contribution in [0.25, 0.3) is 11.0 Å². The number of thiophene rings is 1. The van der Waals surface area contributed by atoms with Crippen molar-refractivity contribution in [2.75, 3.05) is 25.1 Å². The summed E-state index contributed by atoms with van der Waals surface area (Å²) < 4.78 is 21.4. The zero-order chi connectivity index (χ0) is 24.1. The molecule has 0 saturated carbocycles. The van der Waals surface area contributed by atoms with Gasteiger partial charge in [-0.3, -0.25) is 4.79 Å². The number of carbonyl (C=O) groups excluding carboxylic acids is 3. The van der Waals surface area contributed by atoms with Crippen LogP contribution in [0.3, 0.4) is 0 Å². The molecule has 1 aromatic carbocycles. The molecule has 0 saturated heterocycles. The van der Waals surface area contributed by atoms with E-state index in [1.807, 2.05) is 20.8 Å². The van der Waals surface area contributed by atoms with Gasteiger partial charge in [-0.1, -0.05) is 13.8 Å². The second-order valence-electron chi connectivity index (χ2n) is 7.54. The Bertz CT molecular complexity index is 1180. The minimum absolute atomic E-state index is 0.0249. The number of fused-ring (bicyclic) bond motifs is 1. The highest BCUT2D eigenvalue weighted by molar-refractivity contribution is 7.16. The van der Waals surface area contributed by atoms with E-state index >= 15 is 0 Å². The lowest BCUT2D eigenvalue weighted by atomic mass is 10.1. The van der Waals surface area contributed by atoms with Gasteiger partial charge in [-0.15, -0.1) is 11.3 Å². The fourth-order valence-electron chi connectivity index (χ4n) is 3.16. The summed E-state index contributed by atoms with van der Waals surface area (Å²) in [5.74, 6) is -0.975. The maximum Gasteiger partial charge on any atom is 0.375 e. The van der Waals surface area contributed by atoms with Crippen LogP contribution in [-0.4, -0.2) is 37.7 Å². The van der Waals surface area contributed by atoms with Crippen LogP contribution < -0.4 is 10.1 Å². The quantitative estimate of drug-likeness (QED) is 0.421. The molecule has 2 aromatic heterocycles. The molecule has 0 aliphatic rings. The molecule has 3 rings (SSSR count). The summed E-state index contributed by atoms with van der Waals surface area (Å²) in [6, 6.07) is 6.98. The van der Waals surface area contributed by atoms with Crippen LogP contribution in [0.4, 0.5) is 5.00 Å². The standard InChI is InChI=1S/C24H27NO7S/c1-6-29-15-8-9-18-16(10-15)14(5)21(32-18)24(28)31-12-20(26)25-22-17(23(27)30-7-2)11-19(33-22)13(3)4/h8-11,13H,6-7,12H2,1-5H3,(H,25,26). The first-order valence-corrected chi connectivity index (χ1v) is 11.5. The van der Waals surface area contributed by atoms with Crippen LogP contribution in [0.5, 0.6) is 5.75 Å². The second kappa shape index (κ2) is 10.5. The smallest absolute Gasteiger partial charge is 0.375 e. The number of ether oxygens (including phenoxy) is 3. The number of nitrogens with one attached hydrogen (secondary N) is 1. The van der Waals surface area contributed by atoms with Gasteiger partial charge in [0, 0.05) is 15.8 Å². The molecule has 0 aliphatic heterocycles. The average Bonchev–Trinajstić information content (AvgIpc) is 3.34. The van der Waals surface area contributed by atoms with Gasteiger partial charge in [-0.25, -0.2) is 9.59 Å². The number of rotatable bonds is 9. The first-order valence-electron chi connectivity index (χ1n) is 10.7. The Morgan fingerprint density at radius 2 is 1.82 bits per heavy atom. The molecule has 8 nitrogen and oxygen atoms in total. The molecule has 0 aliphatic carbocycles. The number of esters is 2. The van der Waals surface area contributed by atoms with Gasteiger partial charge in [-0.2, -0.15) is 0 Å². The number of amides is 1. The molecular weight excluding hydrogens is 446 g/mol. The molecule has 1 amide bonds. The van der Waals surface area contributed by atoms with Crippen LogP contribution in [0.2, 0.25) is 0 Å². The van der Waals surface area contributed by atoms with Crippen molar-refractivity contribution in [3.63, 3.8) is 0 Å². The van der Waals surface area contributed by atoms with Gasteiger partial charge in [0.05, 0.1) is 18.8 Å². The van der Waals surface area contributed by atoms with Crippen LogP contribution in [0.1, 0.15) is 65.0 Å². The summed E-state index contributed by atoms with van der Waals surface area (Å²) in [6.45, 7) is 9.52. The van der Waals surface area contributed by atoms with Crippen molar-refractivity contribution in [3.8, 4) is 5.75 Å². The van der Waals surface area contributed by atoms with Gasteiger partial charge in [0.25, 0.3) is 5.91 Å². The van der Waals surface area contributed by atoms with E-state index in [0.29, 0.717) is 28.5 Å². The summed E-state index contributed by atoms with van der Waals surface area (Å²) in [4.78, 5) is 38.2. The Morgan fingerprint density at radius 1 is 1.06 bits per heavy atom. The fourth-order valence-corrected chi connectivity index (χ4v) is 4.22. The molecule has 0 spiro atoms. The summed E-state index contributed by atoms with van der Waals surface area (Å²) in [5.41, 5.74) is 1.40. The van der Waals surface area contributed by atoms with Crippen molar-refractivity contribution in [2.24, 2.45) is 0 Å². The molecule has 1 N–H and O–H groups in total. The Balaban J connectivity index is 1.69. The summed E-state index contributed by atoms with van der Waals surface area (Å²) in [6.07, 6.45) is 0. The third-order valence-corrected chi connectivity index (χ3v) is 6.16. The average molecular weight is 474 g/mol. The van der Waals surface area contributed by atoms with Crippen LogP contribution in [-0.2, 0) is 14.3 Å². The third kappa shape index (κ3) is 5.54. The number of hydrogen-bond donors (Lipinski definition) is 1. The predicted octanol–water partition coefficient (Wildman–Crippen LogP) is 5.30. The molecule has 0 atom stereocenters. The molecule has 33 heavy (non-hydrogen) atoms. The second-order valence-corrected chi connectivity index (χ2v) is 8.62. The van der Waals surface area contributed by atoms with Gasteiger partial charge < -0.3 is 23.9 Å². The van der Waals surface area contributed by atoms with Crippen molar-refractivity contribution in [2.45, 2.75) is 40.5 Å². The van der Waals surface area contributed by atoms with E-state index in [-0.39, 0.29) is 23.8 Å². The number of carbonyl (C=O) groups is 3. The SMILES string of the molecule is CCOC(=O)c1cc(C(C)C)sc1NC(=O)COC(=O)c1oc2ccc(OCC)cc2c1C. The zero-order valence-corrected chi connectivity index (χ0v) is 20.1. The molecule has 9 heteroatoms. The van der Waals surface area contributed by atoms with E-state index in [4.69, 9.17) is 18.6 Å². The highest BCUT2D eigenvalue weighted by atomic mass is 32.1. The Kier molecular flexibility index (Phi) is 7.75. The van der Waals surface area contributed by atoms with E-state index in [9.17, 15) is 14.4 Å². The van der Waals surface area contributed by atoms with Crippen molar-refractivity contribution >= 4 is 45.2 Å². The molecule has 0 unspecified atom stereocenters. The molecule has 3 aromatic rings. The summed E-state index contributed by atoms with van der Waals surface area (Å²) in [7, 11) is 0. The van der Waals surface area contributed by atoms with Gasteiger partial charge in [0.2, 0.25) is 5.76 Å². The van der Waals surface area contributed by atoms with Gasteiger partial charge in [-0.05, 0) is 51.0 Å². The lowest BCUT2D eigenvalue weighted by molar-refractivity contribution is -0.119. The Morgan fingerprint density at radius 3 is 2.48 bits per heavy atom. The molecule has 0 fully saturated rings. The van der Waals surface area contributed by atoms with Gasteiger partial charge >= 0.3 is 11.9 Å². The van der Waals surface area contributed by atoms with E-state index in [2.05, 4.69) is 5.32 Å². The zero-order valence-electron chi connectivity index (χ0n) is 19.3. The van der Waals surface area contributed by atoms with Crippen molar-refractivity contribution in [1.29, 1.82) is 0 Å². The van der Waals surface area contributed by atoms with Gasteiger partial charge in [0.1, 0.15) is 16.3 Å². The fraction of sp³-hybridized carbons (Fsp3) is 0.375. The lowest BCUT2D eigenvalue weighted by Gasteiger charge is -2.07. The first-order chi connectivity index (χ1) is 15.7. The van der Waals surface area contributed by atoms with E-state index in [1.165, 1.54) is 11.3 Å². The van der Waals surface area contributed by atoms with E-state index < -0.39 is 24.5 Å². The molecule has 176 valence electrons.